The van der Waals surface area contributed by atoms with Crippen LogP contribution in [0.4, 0.5) is 5.00 Å². The van der Waals surface area contributed by atoms with Gasteiger partial charge in [-0.25, -0.2) is 4.98 Å². The zero-order valence-electron chi connectivity index (χ0n) is 3.78. The van der Waals surface area contributed by atoms with Crippen molar-refractivity contribution in [3.63, 3.8) is 0 Å². The lowest BCUT2D eigenvalue weighted by molar-refractivity contribution is -0.00000164. The van der Waals surface area contributed by atoms with Crippen LogP contribution in [-0.4, -0.2) is 4.98 Å². The fourth-order valence-electron chi connectivity index (χ4n) is 0.258. The number of hydrogen-bond donors (Lipinski definition) is 0. The topological polar surface area (TPSA) is 41.0 Å². The molecule has 0 spiro atoms. The normalized spacial score (nSPS) is 6.88. The molecule has 0 atom stereocenters. The molecular weight excluding hydrogens is 146 g/mol. The largest absolute Gasteiger partial charge is 1.00 e. The molecule has 0 unspecified atom stereocenters. The van der Waals surface area contributed by atoms with E-state index in [2.05, 4.69) is 9.96 Å². The lowest BCUT2D eigenvalue weighted by Crippen LogP contribution is -3.00. The summed E-state index contributed by atoms with van der Waals surface area (Å²) in [5.74, 6) is 0. The molecule has 5 heteroatoms. The van der Waals surface area contributed by atoms with Crippen molar-refractivity contribution in [1.82, 2.24) is 4.98 Å². The Morgan fingerprint density at radius 3 is 2.75 bits per heavy atom. The lowest BCUT2D eigenvalue weighted by atomic mass is 10.9. The van der Waals surface area contributed by atoms with Crippen LogP contribution in [0, 0.1) is 5.39 Å². The van der Waals surface area contributed by atoms with E-state index in [0.717, 1.165) is 0 Å². The number of aromatic nitrogens is 1. The highest BCUT2D eigenvalue weighted by molar-refractivity contribution is 7.13. The first kappa shape index (κ1) is 7.34. The number of rotatable bonds is 0. The van der Waals surface area contributed by atoms with Crippen molar-refractivity contribution in [2.24, 2.45) is 0 Å². The first-order valence-corrected chi connectivity index (χ1v) is 2.55. The highest BCUT2D eigenvalue weighted by Crippen LogP contribution is 2.14. The molecule has 0 aliphatic carbocycles. The van der Waals surface area contributed by atoms with Crippen molar-refractivity contribution in [2.45, 2.75) is 0 Å². The highest BCUT2D eigenvalue weighted by atomic mass is 35.5. The Balaban J connectivity index is 0.000000490. The average molecular weight is 148 g/mol. The van der Waals surface area contributed by atoms with E-state index in [1.54, 1.807) is 5.51 Å². The molecule has 0 aliphatic heterocycles. The molecule has 1 rings (SSSR count). The van der Waals surface area contributed by atoms with Gasteiger partial charge in [-0.1, -0.05) is 0 Å². The third-order valence-electron chi connectivity index (χ3n) is 0.518. The lowest BCUT2D eigenvalue weighted by Gasteiger charge is -1.42. The van der Waals surface area contributed by atoms with Gasteiger partial charge in [0.1, 0.15) is 6.20 Å². The van der Waals surface area contributed by atoms with Crippen molar-refractivity contribution in [3.05, 3.63) is 16.7 Å². The summed E-state index contributed by atoms with van der Waals surface area (Å²) in [4.78, 5) is 6.54. The SMILES string of the molecule is N#[N+]c1cncs1.[Cl-]. The van der Waals surface area contributed by atoms with Gasteiger partial charge in [-0.2, -0.15) is 0 Å². The molecule has 3 nitrogen and oxygen atoms in total. The molecule has 1 heterocycles. The fourth-order valence-corrected chi connectivity index (χ4v) is 0.657. The molecule has 0 amide bonds. The van der Waals surface area contributed by atoms with Gasteiger partial charge in [-0.05, 0) is 11.3 Å². The third-order valence-corrected chi connectivity index (χ3v) is 1.17. The Bertz CT molecular complexity index is 177. The van der Waals surface area contributed by atoms with Crippen molar-refractivity contribution in [2.75, 3.05) is 0 Å². The van der Waals surface area contributed by atoms with Crippen LogP contribution in [0.2, 0.25) is 0 Å². The second-order valence-electron chi connectivity index (χ2n) is 0.940. The molecule has 1 aromatic rings. The second kappa shape index (κ2) is 3.36. The summed E-state index contributed by atoms with van der Waals surface area (Å²) in [5, 5.41) is 8.56. The third kappa shape index (κ3) is 1.45. The summed E-state index contributed by atoms with van der Waals surface area (Å²) in [7, 11) is 0. The minimum Gasteiger partial charge on any atom is -1.00 e. The van der Waals surface area contributed by atoms with E-state index in [9.17, 15) is 0 Å². The monoisotopic (exact) mass is 147 g/mol. The first-order valence-electron chi connectivity index (χ1n) is 1.67. The van der Waals surface area contributed by atoms with Crippen LogP contribution < -0.4 is 12.4 Å². The van der Waals surface area contributed by atoms with E-state index in [1.807, 2.05) is 0 Å². The van der Waals surface area contributed by atoms with Gasteiger partial charge in [-0.15, -0.1) is 0 Å². The molecule has 0 fully saturated rings. The van der Waals surface area contributed by atoms with Crippen molar-refractivity contribution >= 4 is 16.3 Å². The standard InChI is InChI=1S/C3H2N3S.ClH/c4-6-3-1-5-2-7-3;/h1-2H;1H/q+1;/p-1. The molecule has 0 radical (unpaired) electrons. The summed E-state index contributed by atoms with van der Waals surface area (Å²) in [6.45, 7) is 0. The van der Waals surface area contributed by atoms with Gasteiger partial charge in [0.05, 0.1) is 5.51 Å². The fraction of sp³-hybridized carbons (Fsp3) is 0. The minimum absolute atomic E-state index is 0. The maximum atomic E-state index is 8.02. The van der Waals surface area contributed by atoms with Crippen molar-refractivity contribution in [1.29, 1.82) is 5.39 Å². The quantitative estimate of drug-likeness (QED) is 0.425. The van der Waals surface area contributed by atoms with E-state index >= 15 is 0 Å². The van der Waals surface area contributed by atoms with E-state index in [1.165, 1.54) is 17.5 Å². The zero-order valence-corrected chi connectivity index (χ0v) is 5.35. The first-order chi connectivity index (χ1) is 3.43. The number of hydrogen-bond acceptors (Lipinski definition) is 3. The van der Waals surface area contributed by atoms with Gasteiger partial charge in [0, 0.05) is 0 Å². The maximum Gasteiger partial charge on any atom is 0.460 e. The van der Waals surface area contributed by atoms with E-state index in [0.29, 0.717) is 5.00 Å². The summed E-state index contributed by atoms with van der Waals surface area (Å²) >= 11 is 1.30. The van der Waals surface area contributed by atoms with Crippen LogP contribution in [-0.2, 0) is 0 Å². The number of diazo groups is 1. The van der Waals surface area contributed by atoms with Gasteiger partial charge in [0.25, 0.3) is 0 Å². The predicted octanol–water partition coefficient (Wildman–Crippen LogP) is -1.37. The molecule has 0 aliphatic rings. The Kier molecular flexibility index (Phi) is 3.08. The average Bonchev–Trinajstić information content (AvgIpc) is 2.14. The molecule has 1 aromatic heterocycles. The van der Waals surface area contributed by atoms with Crippen LogP contribution in [0.15, 0.2) is 11.7 Å². The smallest absolute Gasteiger partial charge is 0.460 e. The van der Waals surface area contributed by atoms with Crippen LogP contribution in [0.1, 0.15) is 0 Å². The Hall–Kier alpha value is -0.660. The molecule has 0 N–H and O–H groups in total. The summed E-state index contributed by atoms with van der Waals surface area (Å²) < 4.78 is 0. The van der Waals surface area contributed by atoms with Crippen LogP contribution in [0.25, 0.3) is 4.98 Å². The molecular formula is C3H2ClN3S. The van der Waals surface area contributed by atoms with E-state index in [-0.39, 0.29) is 12.4 Å². The molecule has 0 bridgehead atoms. The van der Waals surface area contributed by atoms with Crippen LogP contribution >= 0.6 is 11.3 Å². The molecule has 8 heavy (non-hydrogen) atoms. The van der Waals surface area contributed by atoms with Crippen molar-refractivity contribution < 1.29 is 12.4 Å². The maximum absolute atomic E-state index is 8.02. The van der Waals surface area contributed by atoms with Gasteiger partial charge in [-0.3, -0.25) is 0 Å². The van der Waals surface area contributed by atoms with E-state index < -0.39 is 0 Å². The van der Waals surface area contributed by atoms with Gasteiger partial charge < -0.3 is 12.4 Å². The zero-order chi connectivity index (χ0) is 5.11. The molecule has 0 saturated heterocycles. The number of nitrogens with zero attached hydrogens (tertiary/aromatic N) is 3. The van der Waals surface area contributed by atoms with Crippen LogP contribution in [0.5, 0.6) is 0 Å². The Morgan fingerprint density at radius 2 is 2.50 bits per heavy atom. The van der Waals surface area contributed by atoms with Crippen LogP contribution in [0.3, 0.4) is 0 Å². The Morgan fingerprint density at radius 1 is 1.75 bits per heavy atom. The Labute approximate surface area is 56.4 Å². The highest BCUT2D eigenvalue weighted by Gasteiger charge is 2.01. The van der Waals surface area contributed by atoms with Gasteiger partial charge in [0.2, 0.25) is 5.39 Å². The number of thiazole rings is 1. The summed E-state index contributed by atoms with van der Waals surface area (Å²) in [5.41, 5.74) is 1.61. The van der Waals surface area contributed by atoms with Crippen molar-refractivity contribution in [3.8, 4) is 0 Å². The molecule has 0 saturated carbocycles. The summed E-state index contributed by atoms with van der Waals surface area (Å²) in [6.07, 6.45) is 1.49. The van der Waals surface area contributed by atoms with E-state index in [4.69, 9.17) is 5.39 Å². The molecule has 0 aromatic carbocycles. The minimum atomic E-state index is 0. The summed E-state index contributed by atoms with van der Waals surface area (Å²) in [6, 6.07) is 0. The van der Waals surface area contributed by atoms with Gasteiger partial charge >= 0.3 is 5.00 Å². The molecule has 42 valence electrons. The predicted molar refractivity (Wildman–Crippen MR) is 26.9 cm³/mol. The second-order valence-corrected chi connectivity index (χ2v) is 1.80. The number of halogens is 1. The van der Waals surface area contributed by atoms with Gasteiger partial charge in [0.15, 0.2) is 4.98 Å².